The van der Waals surface area contributed by atoms with Gasteiger partial charge in [-0.05, 0) is 23.6 Å². The molecule has 0 aliphatic heterocycles. The molecule has 0 saturated carbocycles. The predicted molar refractivity (Wildman–Crippen MR) is 63.8 cm³/mol. The number of nitriles is 1. The summed E-state index contributed by atoms with van der Waals surface area (Å²) >= 11 is 0. The molecular weight excluding hydrogens is 196 g/mol. The molecule has 2 rings (SSSR count). The number of rotatable bonds is 2. The number of pyridine rings is 1. The van der Waals surface area contributed by atoms with Gasteiger partial charge in [0, 0.05) is 18.0 Å². The van der Waals surface area contributed by atoms with Crippen LogP contribution in [0, 0.1) is 11.3 Å². The lowest BCUT2D eigenvalue weighted by molar-refractivity contribution is 1.14. The fourth-order valence-electron chi connectivity index (χ4n) is 1.59. The summed E-state index contributed by atoms with van der Waals surface area (Å²) < 4.78 is 0. The van der Waals surface area contributed by atoms with Crippen LogP contribution in [0.1, 0.15) is 18.1 Å². The third-order valence-electron chi connectivity index (χ3n) is 2.56. The molecule has 16 heavy (non-hydrogen) atoms. The van der Waals surface area contributed by atoms with Crippen molar-refractivity contribution in [3.63, 3.8) is 0 Å². The first kappa shape index (κ1) is 10.4. The minimum Gasteiger partial charge on any atom is -0.263 e. The Balaban J connectivity index is 2.39. The lowest BCUT2D eigenvalue weighted by Crippen LogP contribution is -1.84. The molecule has 0 aliphatic carbocycles. The van der Waals surface area contributed by atoms with E-state index in [-0.39, 0.29) is 0 Å². The average molecular weight is 208 g/mol. The van der Waals surface area contributed by atoms with Crippen LogP contribution in [-0.4, -0.2) is 4.98 Å². The highest BCUT2D eigenvalue weighted by atomic mass is 14.6. The fraction of sp³-hybridized carbons (Fsp3) is 0.143. The molecule has 1 aromatic carbocycles. The van der Waals surface area contributed by atoms with Crippen LogP contribution >= 0.6 is 0 Å². The van der Waals surface area contributed by atoms with Crippen molar-refractivity contribution in [3.05, 3.63) is 53.9 Å². The van der Waals surface area contributed by atoms with Crippen molar-refractivity contribution in [1.29, 1.82) is 5.26 Å². The van der Waals surface area contributed by atoms with E-state index in [0.717, 1.165) is 17.5 Å². The highest BCUT2D eigenvalue weighted by molar-refractivity contribution is 5.64. The quantitative estimate of drug-likeness (QED) is 0.760. The van der Waals surface area contributed by atoms with Crippen molar-refractivity contribution in [2.24, 2.45) is 0 Å². The Hall–Kier alpha value is -2.14. The second-order valence-electron chi connectivity index (χ2n) is 3.62. The minimum absolute atomic E-state index is 0.595. The summed E-state index contributed by atoms with van der Waals surface area (Å²) in [6.45, 7) is 2.13. The highest BCUT2D eigenvalue weighted by Crippen LogP contribution is 2.19. The van der Waals surface area contributed by atoms with Gasteiger partial charge in [0.1, 0.15) is 6.07 Å². The van der Waals surface area contributed by atoms with E-state index >= 15 is 0 Å². The van der Waals surface area contributed by atoms with E-state index in [1.54, 1.807) is 12.4 Å². The Morgan fingerprint density at radius 1 is 1.12 bits per heavy atom. The number of hydrogen-bond donors (Lipinski definition) is 0. The number of nitrogens with zero attached hydrogens (tertiary/aromatic N) is 2. The third-order valence-corrected chi connectivity index (χ3v) is 2.56. The number of aromatic nitrogens is 1. The van der Waals surface area contributed by atoms with Crippen molar-refractivity contribution in [3.8, 4) is 17.2 Å². The van der Waals surface area contributed by atoms with Gasteiger partial charge in [0.05, 0.1) is 5.56 Å². The standard InChI is InChI=1S/C14H12N2/c1-2-11-3-5-13(6-4-11)14-7-12(8-15)9-16-10-14/h3-7,9-10H,2H2,1H3. The van der Waals surface area contributed by atoms with Gasteiger partial charge in [0.2, 0.25) is 0 Å². The Morgan fingerprint density at radius 3 is 2.50 bits per heavy atom. The SMILES string of the molecule is CCc1ccc(-c2cncc(C#N)c2)cc1. The normalized spacial score (nSPS) is 9.75. The molecule has 0 amide bonds. The van der Waals surface area contributed by atoms with E-state index in [1.165, 1.54) is 5.56 Å². The van der Waals surface area contributed by atoms with E-state index in [4.69, 9.17) is 5.26 Å². The zero-order chi connectivity index (χ0) is 11.4. The summed E-state index contributed by atoms with van der Waals surface area (Å²) in [6, 6.07) is 12.3. The van der Waals surface area contributed by atoms with Crippen LogP contribution in [0.25, 0.3) is 11.1 Å². The molecule has 0 atom stereocenters. The Morgan fingerprint density at radius 2 is 1.88 bits per heavy atom. The maximum Gasteiger partial charge on any atom is 0.101 e. The summed E-state index contributed by atoms with van der Waals surface area (Å²) in [6.07, 6.45) is 4.39. The van der Waals surface area contributed by atoms with E-state index in [2.05, 4.69) is 42.2 Å². The van der Waals surface area contributed by atoms with E-state index in [0.29, 0.717) is 5.56 Å². The molecule has 0 saturated heterocycles. The molecule has 0 bridgehead atoms. The van der Waals surface area contributed by atoms with Gasteiger partial charge in [-0.3, -0.25) is 4.98 Å². The van der Waals surface area contributed by atoms with Gasteiger partial charge in [-0.15, -0.1) is 0 Å². The van der Waals surface area contributed by atoms with Gasteiger partial charge in [0.25, 0.3) is 0 Å². The summed E-state index contributed by atoms with van der Waals surface area (Å²) in [5.41, 5.74) is 3.99. The molecule has 78 valence electrons. The molecule has 2 nitrogen and oxygen atoms in total. The molecule has 0 aliphatic rings. The Kier molecular flexibility index (Phi) is 2.98. The molecule has 0 radical (unpaired) electrons. The number of hydrogen-bond acceptors (Lipinski definition) is 2. The van der Waals surface area contributed by atoms with Crippen molar-refractivity contribution in [2.45, 2.75) is 13.3 Å². The predicted octanol–water partition coefficient (Wildman–Crippen LogP) is 3.18. The lowest BCUT2D eigenvalue weighted by Gasteiger charge is -2.02. The van der Waals surface area contributed by atoms with Crippen LogP contribution in [0.4, 0.5) is 0 Å². The zero-order valence-electron chi connectivity index (χ0n) is 9.14. The summed E-state index contributed by atoms with van der Waals surface area (Å²) in [4.78, 5) is 4.05. The van der Waals surface area contributed by atoms with Crippen molar-refractivity contribution in [1.82, 2.24) is 4.98 Å². The first-order valence-corrected chi connectivity index (χ1v) is 5.28. The van der Waals surface area contributed by atoms with Crippen LogP contribution in [0.5, 0.6) is 0 Å². The summed E-state index contributed by atoms with van der Waals surface area (Å²) in [5.74, 6) is 0. The van der Waals surface area contributed by atoms with Gasteiger partial charge in [-0.25, -0.2) is 0 Å². The topological polar surface area (TPSA) is 36.7 Å². The van der Waals surface area contributed by atoms with E-state index < -0.39 is 0 Å². The second-order valence-corrected chi connectivity index (χ2v) is 3.62. The Labute approximate surface area is 95.2 Å². The number of benzene rings is 1. The van der Waals surface area contributed by atoms with Crippen LogP contribution in [0.2, 0.25) is 0 Å². The molecule has 1 aromatic heterocycles. The van der Waals surface area contributed by atoms with Gasteiger partial charge in [0.15, 0.2) is 0 Å². The van der Waals surface area contributed by atoms with Gasteiger partial charge < -0.3 is 0 Å². The Bertz CT molecular complexity index is 521. The first-order valence-electron chi connectivity index (χ1n) is 5.28. The molecule has 0 unspecified atom stereocenters. The molecule has 1 heterocycles. The van der Waals surface area contributed by atoms with Crippen LogP contribution in [-0.2, 0) is 6.42 Å². The molecular formula is C14H12N2. The zero-order valence-corrected chi connectivity index (χ0v) is 9.14. The highest BCUT2D eigenvalue weighted by Gasteiger charge is 1.99. The van der Waals surface area contributed by atoms with Gasteiger partial charge in [-0.2, -0.15) is 5.26 Å². The van der Waals surface area contributed by atoms with E-state index in [9.17, 15) is 0 Å². The number of aryl methyl sites for hydroxylation is 1. The summed E-state index contributed by atoms with van der Waals surface area (Å²) in [5, 5.41) is 8.80. The molecule has 0 fully saturated rings. The third kappa shape index (κ3) is 2.09. The van der Waals surface area contributed by atoms with Crippen LogP contribution < -0.4 is 0 Å². The second kappa shape index (κ2) is 4.59. The smallest absolute Gasteiger partial charge is 0.101 e. The maximum atomic E-state index is 8.80. The first-order chi connectivity index (χ1) is 7.83. The summed E-state index contributed by atoms with van der Waals surface area (Å²) in [7, 11) is 0. The molecule has 2 heteroatoms. The van der Waals surface area contributed by atoms with Gasteiger partial charge in [-0.1, -0.05) is 31.2 Å². The average Bonchev–Trinajstić information content (AvgIpc) is 2.39. The van der Waals surface area contributed by atoms with Crippen LogP contribution in [0.15, 0.2) is 42.7 Å². The molecule has 0 spiro atoms. The van der Waals surface area contributed by atoms with Crippen molar-refractivity contribution >= 4 is 0 Å². The maximum absolute atomic E-state index is 8.80. The lowest BCUT2D eigenvalue weighted by atomic mass is 10.0. The van der Waals surface area contributed by atoms with Crippen LogP contribution in [0.3, 0.4) is 0 Å². The van der Waals surface area contributed by atoms with Crippen molar-refractivity contribution < 1.29 is 0 Å². The fourth-order valence-corrected chi connectivity index (χ4v) is 1.59. The van der Waals surface area contributed by atoms with Gasteiger partial charge >= 0.3 is 0 Å². The van der Waals surface area contributed by atoms with E-state index in [1.807, 2.05) is 6.07 Å². The minimum atomic E-state index is 0.595. The molecule has 2 aromatic rings. The monoisotopic (exact) mass is 208 g/mol. The largest absolute Gasteiger partial charge is 0.263 e. The molecule has 0 N–H and O–H groups in total. The van der Waals surface area contributed by atoms with Crippen molar-refractivity contribution in [2.75, 3.05) is 0 Å².